The zero-order valence-electron chi connectivity index (χ0n) is 14.9. The monoisotopic (exact) mass is 624 g/mol. The maximum atomic E-state index is 5.42. The summed E-state index contributed by atoms with van der Waals surface area (Å²) in [7, 11) is 0. The molecule has 0 amide bonds. The molecule has 4 unspecified atom stereocenters. The van der Waals surface area contributed by atoms with Crippen LogP contribution in [0.4, 0.5) is 0 Å². The first-order valence-corrected chi connectivity index (χ1v) is 15.0. The molecule has 2 fully saturated rings. The van der Waals surface area contributed by atoms with Gasteiger partial charge in [-0.05, 0) is 52.1 Å². The second-order valence-electron chi connectivity index (χ2n) is 6.66. The highest BCUT2D eigenvalue weighted by molar-refractivity contribution is 15.0. The van der Waals surface area contributed by atoms with Crippen molar-refractivity contribution in [3.8, 4) is 0 Å². The van der Waals surface area contributed by atoms with Crippen molar-refractivity contribution in [1.82, 2.24) is 29.5 Å². The number of hydrogen-bond acceptors (Lipinski definition) is 6. The Labute approximate surface area is 185 Å². The van der Waals surface area contributed by atoms with Gasteiger partial charge in [0.15, 0.2) is 0 Å². The van der Waals surface area contributed by atoms with Crippen LogP contribution >= 0.6 is 61.7 Å². The van der Waals surface area contributed by atoms with Gasteiger partial charge in [0.25, 0.3) is 0 Å². The average molecular weight is 624 g/mol. The fraction of sp³-hybridized carbons (Fsp3) is 0.714. The summed E-state index contributed by atoms with van der Waals surface area (Å²) in [5, 5.41) is 5.89. The number of H-pyrrole nitrogens is 2. The van der Waals surface area contributed by atoms with E-state index in [4.69, 9.17) is 33.9 Å². The summed E-state index contributed by atoms with van der Waals surface area (Å²) in [5.74, 6) is 0. The molecule has 12 heteroatoms. The van der Waals surface area contributed by atoms with Crippen molar-refractivity contribution in [3.63, 3.8) is 0 Å². The summed E-state index contributed by atoms with van der Waals surface area (Å²) in [4.78, 5) is 7.84. The number of ether oxygens (including phenoxy) is 2. The smallest absolute Gasteiger partial charge is 0.215 e. The molecule has 2 aromatic rings. The van der Waals surface area contributed by atoms with Crippen molar-refractivity contribution < 1.29 is 9.47 Å². The summed E-state index contributed by atoms with van der Waals surface area (Å²) in [6.45, 7) is 9.76. The zero-order valence-corrected chi connectivity index (χ0v) is 20.8. The van der Waals surface area contributed by atoms with E-state index in [1.807, 2.05) is 9.36 Å². The lowest BCUT2D eigenvalue weighted by molar-refractivity contribution is 0.277. The van der Waals surface area contributed by atoms with Crippen LogP contribution in [0.3, 0.4) is 0 Å². The Morgan fingerprint density at radius 2 is 1.27 bits per heavy atom. The van der Waals surface area contributed by atoms with Crippen LogP contribution in [-0.2, 0) is 22.6 Å². The highest BCUT2D eigenvalue weighted by atomic mass is 128. The van der Waals surface area contributed by atoms with E-state index in [0.717, 1.165) is 13.1 Å². The van der Waals surface area contributed by atoms with Crippen molar-refractivity contribution in [3.05, 3.63) is 22.2 Å². The first kappa shape index (κ1) is 22.4. The van der Waals surface area contributed by atoms with Crippen molar-refractivity contribution in [1.29, 1.82) is 0 Å². The second-order valence-corrected chi connectivity index (χ2v) is 7.39. The van der Waals surface area contributed by atoms with Crippen molar-refractivity contribution in [2.75, 3.05) is 0 Å². The van der Waals surface area contributed by atoms with Gasteiger partial charge in [-0.3, -0.25) is 19.6 Å². The van der Waals surface area contributed by atoms with Crippen molar-refractivity contribution >= 4 is 61.7 Å². The van der Waals surface area contributed by atoms with Gasteiger partial charge in [0.05, 0.1) is 25.3 Å². The predicted molar refractivity (Wildman–Crippen MR) is 121 cm³/mol. The number of halogens is 2. The molecule has 2 aliphatic rings. The summed E-state index contributed by atoms with van der Waals surface area (Å²) in [6.07, 6.45) is 3.84. The number of nitrogens with zero attached hydrogens (tertiary/aromatic N) is 4. The molecule has 0 saturated carbocycles. The molecule has 2 aliphatic heterocycles. The molecular weight excluding hydrogens is 602 g/mol. The molecule has 0 spiro atoms. The fourth-order valence-corrected chi connectivity index (χ4v) is 2.82. The van der Waals surface area contributed by atoms with Gasteiger partial charge >= 0.3 is 0 Å². The molecule has 2 N–H and O–H groups in total. The minimum absolute atomic E-state index is 0.0508. The summed E-state index contributed by atoms with van der Waals surface area (Å²) in [5.41, 5.74) is -0.102. The van der Waals surface area contributed by atoms with Crippen LogP contribution < -0.4 is 0 Å². The third kappa shape index (κ3) is 5.56. The molecule has 2 saturated heterocycles. The zero-order chi connectivity index (χ0) is 19.5. The van der Waals surface area contributed by atoms with E-state index in [-0.39, 0.29) is 11.2 Å². The predicted octanol–water partition coefficient (Wildman–Crippen LogP) is 4.01. The second kappa shape index (κ2) is 9.07. The van der Waals surface area contributed by atoms with Gasteiger partial charge in [-0.1, -0.05) is 0 Å². The fourth-order valence-electron chi connectivity index (χ4n) is 2.48. The molecule has 0 radical (unpaired) electrons. The molecule has 0 bridgehead atoms. The Morgan fingerprint density at radius 1 is 0.962 bits per heavy atom. The van der Waals surface area contributed by atoms with Crippen molar-refractivity contribution in [2.45, 2.75) is 64.2 Å². The van der Waals surface area contributed by atoms with Crippen LogP contribution in [0.1, 0.15) is 27.7 Å². The van der Waals surface area contributed by atoms with Gasteiger partial charge < -0.3 is 9.47 Å². The number of nitrogens with one attached hydrogen (secondary N) is 2. The molecular formula is C14H22I2N6O2S2. The van der Waals surface area contributed by atoms with E-state index < -0.39 is 0 Å². The maximum absolute atomic E-state index is 5.42. The van der Waals surface area contributed by atoms with Crippen LogP contribution in [0, 0.1) is 9.54 Å². The molecule has 4 heterocycles. The number of aromatic nitrogens is 6. The van der Waals surface area contributed by atoms with Crippen molar-refractivity contribution in [2.24, 2.45) is 0 Å². The lowest BCUT2D eigenvalue weighted by Gasteiger charge is -2.05. The third-order valence-corrected chi connectivity index (χ3v) is 5.33. The van der Waals surface area contributed by atoms with E-state index >= 15 is 0 Å². The first-order chi connectivity index (χ1) is 12.2. The largest absolute Gasteiger partial charge is 0.365 e. The summed E-state index contributed by atoms with van der Waals surface area (Å²) < 4.78 is 15.6. The highest BCUT2D eigenvalue weighted by Gasteiger charge is 2.49. The Kier molecular flexibility index (Phi) is 7.81. The highest BCUT2D eigenvalue weighted by Crippen LogP contribution is 2.37. The molecule has 4 atom stereocenters. The first-order valence-electron chi connectivity index (χ1n) is 7.94. The molecule has 0 aromatic carbocycles. The maximum Gasteiger partial charge on any atom is 0.215 e. The third-order valence-electron chi connectivity index (χ3n) is 4.68. The van der Waals surface area contributed by atoms with Gasteiger partial charge in [-0.2, -0.15) is 0 Å². The van der Waals surface area contributed by atoms with E-state index in [0.29, 0.717) is 21.8 Å². The molecule has 0 aliphatic carbocycles. The van der Waals surface area contributed by atoms with Gasteiger partial charge in [0, 0.05) is 37.2 Å². The Morgan fingerprint density at radius 3 is 1.46 bits per heavy atom. The summed E-state index contributed by atoms with van der Waals surface area (Å²) in [6, 6.07) is 0. The van der Waals surface area contributed by atoms with E-state index in [1.54, 1.807) is 12.7 Å². The molecule has 8 nitrogen and oxygen atoms in total. The topological polar surface area (TPSA) is 92.3 Å². The van der Waals surface area contributed by atoms with E-state index in [1.165, 1.54) is 0 Å². The molecule has 2 aromatic heterocycles. The summed E-state index contributed by atoms with van der Waals surface area (Å²) >= 11 is 14.2. The van der Waals surface area contributed by atoms with Crippen LogP contribution in [0.5, 0.6) is 0 Å². The minimum atomic E-state index is -0.0508. The Balaban J connectivity index is 0.000000171. The average Bonchev–Trinajstić information content (AvgIpc) is 3.17. The van der Waals surface area contributed by atoms with Crippen LogP contribution in [0.25, 0.3) is 0 Å². The van der Waals surface area contributed by atoms with Gasteiger partial charge in [0.2, 0.25) is 9.54 Å². The van der Waals surface area contributed by atoms with E-state index in [2.05, 4.69) is 85.1 Å². The van der Waals surface area contributed by atoms with Gasteiger partial charge in [-0.25, -0.2) is 9.97 Å². The lowest BCUT2D eigenvalue weighted by atomic mass is 10.1. The Hall–Kier alpha value is 0.1000. The molecule has 146 valence electrons. The van der Waals surface area contributed by atoms with Gasteiger partial charge in [0.1, 0.15) is 23.9 Å². The molecule has 26 heavy (non-hydrogen) atoms. The van der Waals surface area contributed by atoms with Crippen LogP contribution in [0.15, 0.2) is 12.7 Å². The molecule has 4 rings (SSSR count). The number of epoxide rings is 2. The number of rotatable bonds is 4. The SMILES string of the molecule is CC1OC1(C)Cn1[nH]cnc1=S.CC1OC1(C)Cn1[nH]cnc1=S.II. The van der Waals surface area contributed by atoms with E-state index in [9.17, 15) is 0 Å². The normalized spacial score (nSPS) is 31.3. The number of hydrogen-bond donors (Lipinski definition) is 2. The van der Waals surface area contributed by atoms with Crippen LogP contribution in [0.2, 0.25) is 0 Å². The minimum Gasteiger partial charge on any atom is -0.365 e. The Bertz CT molecular complexity index is 767. The number of aromatic amines is 2. The standard InChI is InChI=1S/2C7H11N3OS.I2/c2*1-5-7(2,11-5)3-10-6(12)8-4-9-10;1-2/h2*4-5H,3H2,1-2H3,(H,8,9,12);. The lowest BCUT2D eigenvalue weighted by Crippen LogP contribution is -2.18. The van der Waals surface area contributed by atoms with Gasteiger partial charge in [-0.15, -0.1) is 0 Å². The quantitative estimate of drug-likeness (QED) is 0.304. The van der Waals surface area contributed by atoms with Crippen LogP contribution in [-0.4, -0.2) is 52.9 Å².